The highest BCUT2D eigenvalue weighted by molar-refractivity contribution is 5.89. The van der Waals surface area contributed by atoms with Crippen LogP contribution in [0.4, 0.5) is 45.6 Å². The number of alkyl halides is 6. The molecule has 0 bridgehead atoms. The zero-order valence-corrected chi connectivity index (χ0v) is 29.6. The molecule has 21 heteroatoms. The fourth-order valence-corrected chi connectivity index (χ4v) is 6.30. The lowest BCUT2D eigenvalue weighted by molar-refractivity contribution is -0.193. The normalized spacial score (nSPS) is 18.9. The maximum Gasteiger partial charge on any atom is 0.490 e. The number of carboxylic acids is 2. The lowest BCUT2D eigenvalue weighted by Crippen LogP contribution is -2.55. The van der Waals surface area contributed by atoms with E-state index in [9.17, 15) is 44.7 Å². The lowest BCUT2D eigenvalue weighted by atomic mass is 9.65. The minimum absolute atomic E-state index is 0.0108. The minimum atomic E-state index is -5.08. The smallest absolute Gasteiger partial charge is 0.490 e. The molecule has 3 atom stereocenters. The number of hydrogen-bond donors (Lipinski definition) is 5. The molecule has 1 aliphatic carbocycles. The highest BCUT2D eigenvalue weighted by Gasteiger charge is 2.53. The van der Waals surface area contributed by atoms with E-state index in [1.807, 2.05) is 35.2 Å². The molecule has 2 heterocycles. The van der Waals surface area contributed by atoms with Crippen LogP contribution < -0.4 is 25.4 Å². The van der Waals surface area contributed by atoms with Gasteiger partial charge in [-0.2, -0.15) is 26.3 Å². The number of urea groups is 1. The summed E-state index contributed by atoms with van der Waals surface area (Å²) in [5, 5.41) is 23.1. The van der Waals surface area contributed by atoms with Crippen LogP contribution in [0.3, 0.4) is 0 Å². The quantitative estimate of drug-likeness (QED) is 0.170. The molecule has 0 unspecified atom stereocenters. The second-order valence-electron chi connectivity index (χ2n) is 12.3. The van der Waals surface area contributed by atoms with Gasteiger partial charge in [0.15, 0.2) is 23.1 Å². The molecule has 2 aromatic carbocycles. The predicted molar refractivity (Wildman–Crippen MR) is 181 cm³/mol. The van der Waals surface area contributed by atoms with Crippen molar-refractivity contribution in [1.82, 2.24) is 20.5 Å². The van der Waals surface area contributed by atoms with Crippen molar-refractivity contribution < 1.29 is 74.0 Å². The summed E-state index contributed by atoms with van der Waals surface area (Å²) in [6.07, 6.45) is -4.01. The molecular formula is C35H37F8N5O8. The number of aromatic nitrogens is 1. The molecule has 2 aliphatic rings. The molecule has 1 saturated carbocycles. The van der Waals surface area contributed by atoms with E-state index in [2.05, 4.69) is 20.9 Å². The molecule has 3 aromatic rings. The molecule has 3 amide bonds. The predicted octanol–water partition coefficient (Wildman–Crippen LogP) is 5.65. The second-order valence-corrected chi connectivity index (χ2v) is 12.3. The average Bonchev–Trinajstić information content (AvgIpc) is 3.53. The van der Waals surface area contributed by atoms with E-state index in [-0.39, 0.29) is 35.6 Å². The number of fused-ring (bicyclic) bond motifs is 1. The molecule has 2 fully saturated rings. The number of rotatable bonds is 9. The number of carbonyl (C=O) groups excluding carboxylic acids is 2. The summed E-state index contributed by atoms with van der Waals surface area (Å²) in [4.78, 5) is 50.1. The third-order valence-electron chi connectivity index (χ3n) is 8.89. The monoisotopic (exact) mass is 807 g/mol. The lowest BCUT2D eigenvalue weighted by Gasteiger charge is -2.45. The van der Waals surface area contributed by atoms with Crippen molar-refractivity contribution in [2.75, 3.05) is 32.6 Å². The van der Waals surface area contributed by atoms with Gasteiger partial charge in [0.2, 0.25) is 5.91 Å². The molecule has 1 saturated heterocycles. The van der Waals surface area contributed by atoms with Crippen molar-refractivity contribution in [2.45, 2.75) is 62.1 Å². The number of aliphatic carboxylic acids is 2. The van der Waals surface area contributed by atoms with Crippen molar-refractivity contribution in [3.8, 4) is 11.5 Å². The van der Waals surface area contributed by atoms with E-state index in [1.54, 1.807) is 26.6 Å². The first-order valence-electron chi connectivity index (χ1n) is 16.5. The zero-order valence-electron chi connectivity index (χ0n) is 29.6. The number of hydrogen-bond acceptors (Lipinski definition) is 8. The third kappa shape index (κ3) is 12.1. The van der Waals surface area contributed by atoms with Crippen LogP contribution in [-0.4, -0.2) is 95.7 Å². The molecule has 5 rings (SSSR count). The standard InChI is InChI=1S/C31H35F2N5O4.2C2HF3O2/c1-41-26-6-3-21(15-27(26)42-2)31-10-7-23(37-30(40)36-22-4-5-24(32)25(33)16-22)17-28(31)38(14-11-31)29(39)19-35-18-20-8-12-34-13-9-20;2*3-2(4,5)1(6)7/h3-6,8-9,12-13,15-16,23,28,35H,7,10-11,14,17-19H2,1-2H3,(H2,36,37,40);2*(H,6,7)/t23-,28+,31+;;/m1../s1. The molecule has 1 aromatic heterocycles. The van der Waals surface area contributed by atoms with Crippen molar-refractivity contribution >= 4 is 29.6 Å². The number of methoxy groups -OCH3 is 2. The number of carboxylic acid groups (broad SMARTS) is 2. The number of amides is 3. The Morgan fingerprint density at radius 2 is 1.46 bits per heavy atom. The zero-order chi connectivity index (χ0) is 41.8. The number of benzene rings is 2. The first kappa shape index (κ1) is 44.7. The number of anilines is 1. The summed E-state index contributed by atoms with van der Waals surface area (Å²) in [6, 6.07) is 12.0. The van der Waals surface area contributed by atoms with Crippen LogP contribution in [0.5, 0.6) is 11.5 Å². The number of ether oxygens (including phenoxy) is 2. The van der Waals surface area contributed by atoms with Gasteiger partial charge in [0.1, 0.15) is 0 Å². The van der Waals surface area contributed by atoms with Crippen molar-refractivity contribution in [2.24, 2.45) is 0 Å². The molecule has 56 heavy (non-hydrogen) atoms. The first-order chi connectivity index (χ1) is 26.2. The molecule has 5 N–H and O–H groups in total. The van der Waals surface area contributed by atoms with Crippen molar-refractivity contribution in [3.63, 3.8) is 0 Å². The summed E-state index contributed by atoms with van der Waals surface area (Å²) in [5.74, 6) is -6.30. The minimum Gasteiger partial charge on any atom is -0.493 e. The van der Waals surface area contributed by atoms with Gasteiger partial charge in [-0.25, -0.2) is 23.2 Å². The fourth-order valence-electron chi connectivity index (χ4n) is 6.30. The van der Waals surface area contributed by atoms with Gasteiger partial charge in [0.25, 0.3) is 0 Å². The Labute approximate surface area is 314 Å². The maximum atomic E-state index is 13.6. The van der Waals surface area contributed by atoms with E-state index >= 15 is 0 Å². The summed E-state index contributed by atoms with van der Waals surface area (Å²) in [7, 11) is 3.19. The van der Waals surface area contributed by atoms with Crippen LogP contribution in [0.2, 0.25) is 0 Å². The van der Waals surface area contributed by atoms with E-state index in [0.29, 0.717) is 37.4 Å². The number of halogens is 8. The largest absolute Gasteiger partial charge is 0.493 e. The van der Waals surface area contributed by atoms with Crippen LogP contribution >= 0.6 is 0 Å². The molecule has 13 nitrogen and oxygen atoms in total. The van der Waals surface area contributed by atoms with Gasteiger partial charge in [-0.3, -0.25) is 9.78 Å². The Balaban J connectivity index is 0.000000512. The van der Waals surface area contributed by atoms with Gasteiger partial charge in [0.05, 0.1) is 20.8 Å². The Morgan fingerprint density at radius 1 is 0.857 bits per heavy atom. The van der Waals surface area contributed by atoms with Gasteiger partial charge >= 0.3 is 30.3 Å². The van der Waals surface area contributed by atoms with Crippen molar-refractivity contribution in [1.29, 1.82) is 0 Å². The third-order valence-corrected chi connectivity index (χ3v) is 8.89. The summed E-state index contributed by atoms with van der Waals surface area (Å²) < 4.78 is 101. The number of carbonyl (C=O) groups is 4. The number of pyridine rings is 1. The van der Waals surface area contributed by atoms with Crippen molar-refractivity contribution in [3.05, 3.63) is 83.7 Å². The number of nitrogens with zero attached hydrogens (tertiary/aromatic N) is 2. The highest BCUT2D eigenvalue weighted by Crippen LogP contribution is 2.50. The molecule has 1 aliphatic heterocycles. The molecular weight excluding hydrogens is 770 g/mol. The Kier molecular flexibility index (Phi) is 15.3. The van der Waals surface area contributed by atoms with Crippen LogP contribution in [0, 0.1) is 11.6 Å². The van der Waals surface area contributed by atoms with Gasteiger partial charge < -0.3 is 40.5 Å². The summed E-state index contributed by atoms with van der Waals surface area (Å²) in [6.45, 7) is 1.31. The topological polar surface area (TPSA) is 179 Å². The van der Waals surface area contributed by atoms with Crippen LogP contribution in [-0.2, 0) is 26.3 Å². The fraction of sp³-hybridized carbons (Fsp3) is 0.400. The van der Waals surface area contributed by atoms with Crippen LogP contribution in [0.25, 0.3) is 0 Å². The second kappa shape index (κ2) is 19.2. The Bertz CT molecular complexity index is 1810. The van der Waals surface area contributed by atoms with E-state index in [1.165, 1.54) is 6.07 Å². The summed E-state index contributed by atoms with van der Waals surface area (Å²) in [5.41, 5.74) is 1.93. The Morgan fingerprint density at radius 3 is 2.02 bits per heavy atom. The van der Waals surface area contributed by atoms with Gasteiger partial charge in [0, 0.05) is 54.7 Å². The molecule has 0 spiro atoms. The maximum absolute atomic E-state index is 13.6. The Hall–Kier alpha value is -5.73. The number of nitrogens with one attached hydrogen (secondary N) is 3. The first-order valence-corrected chi connectivity index (χ1v) is 16.5. The SMILES string of the molecule is COc1ccc([C@@]23CC[C@@H](NC(=O)Nc4ccc(F)c(F)c4)C[C@@H]2N(C(=O)CNCc2ccncc2)CC3)cc1OC.O=C(O)C(F)(F)F.O=C(O)C(F)(F)F. The van der Waals surface area contributed by atoms with E-state index in [4.69, 9.17) is 29.3 Å². The van der Waals surface area contributed by atoms with E-state index < -0.39 is 42.0 Å². The number of likely N-dealkylation sites (tertiary alicyclic amines) is 1. The summed E-state index contributed by atoms with van der Waals surface area (Å²) >= 11 is 0. The van der Waals surface area contributed by atoms with Crippen LogP contribution in [0.1, 0.15) is 36.8 Å². The molecule has 0 radical (unpaired) electrons. The molecule has 306 valence electrons. The van der Waals surface area contributed by atoms with Gasteiger partial charge in [-0.15, -0.1) is 0 Å². The average molecular weight is 808 g/mol. The van der Waals surface area contributed by atoms with Gasteiger partial charge in [-0.05, 0) is 73.2 Å². The van der Waals surface area contributed by atoms with Gasteiger partial charge in [-0.1, -0.05) is 6.07 Å². The van der Waals surface area contributed by atoms with E-state index in [0.717, 1.165) is 36.1 Å². The van der Waals surface area contributed by atoms with Crippen LogP contribution in [0.15, 0.2) is 60.9 Å². The highest BCUT2D eigenvalue weighted by atomic mass is 19.4.